The summed E-state index contributed by atoms with van der Waals surface area (Å²) in [6, 6.07) is 17.1. The van der Waals surface area contributed by atoms with E-state index in [2.05, 4.69) is 11.1 Å². The zero-order valence-corrected chi connectivity index (χ0v) is 19.7. The Kier molecular flexibility index (Phi) is 5.69. The van der Waals surface area contributed by atoms with Crippen molar-refractivity contribution in [3.8, 4) is 6.07 Å². The maximum atomic E-state index is 14.1. The van der Waals surface area contributed by atoms with Crippen molar-refractivity contribution in [2.45, 2.75) is 32.4 Å². The quantitative estimate of drug-likeness (QED) is 0.344. The highest BCUT2D eigenvalue weighted by molar-refractivity contribution is 5.87. The van der Waals surface area contributed by atoms with Gasteiger partial charge in [-0.3, -0.25) is 13.9 Å². The van der Waals surface area contributed by atoms with E-state index >= 15 is 0 Å². The van der Waals surface area contributed by atoms with E-state index in [4.69, 9.17) is 0 Å². The number of benzene rings is 3. The second-order valence-electron chi connectivity index (χ2n) is 8.92. The van der Waals surface area contributed by atoms with Crippen molar-refractivity contribution in [1.82, 2.24) is 14.1 Å². The van der Waals surface area contributed by atoms with Crippen LogP contribution in [0.25, 0.3) is 21.9 Å². The van der Waals surface area contributed by atoms with Gasteiger partial charge in [-0.15, -0.1) is 0 Å². The molecule has 0 spiro atoms. The summed E-state index contributed by atoms with van der Waals surface area (Å²) in [7, 11) is 0. The highest BCUT2D eigenvalue weighted by Crippen LogP contribution is 2.33. The third kappa shape index (κ3) is 3.75. The number of aryl methyl sites for hydroxylation is 1. The summed E-state index contributed by atoms with van der Waals surface area (Å²) in [5.41, 5.74) is 4.38. The van der Waals surface area contributed by atoms with Crippen LogP contribution in [0.2, 0.25) is 0 Å². The number of carboxylic acids is 1. The van der Waals surface area contributed by atoms with Crippen molar-refractivity contribution in [1.29, 1.82) is 5.26 Å². The Bertz CT molecular complexity index is 1720. The number of imidazole rings is 1. The molecule has 0 saturated heterocycles. The predicted molar refractivity (Wildman–Crippen MR) is 135 cm³/mol. The van der Waals surface area contributed by atoms with Gasteiger partial charge in [0.05, 0.1) is 41.2 Å². The molecular formula is C28H23FN4O3. The molecule has 5 aromatic rings. The van der Waals surface area contributed by atoms with Crippen molar-refractivity contribution >= 4 is 27.9 Å². The molecule has 0 aliphatic rings. The first-order valence-electron chi connectivity index (χ1n) is 11.5. The van der Waals surface area contributed by atoms with Crippen LogP contribution in [0.3, 0.4) is 0 Å². The number of hydrogen-bond acceptors (Lipinski definition) is 3. The van der Waals surface area contributed by atoms with E-state index in [0.29, 0.717) is 22.2 Å². The van der Waals surface area contributed by atoms with Gasteiger partial charge in [0.2, 0.25) is 0 Å². The maximum absolute atomic E-state index is 14.1. The Hall–Kier alpha value is -4.64. The average molecular weight is 483 g/mol. The molecule has 0 bridgehead atoms. The normalized spacial score (nSPS) is 13.1. The fourth-order valence-corrected chi connectivity index (χ4v) is 5.06. The molecule has 36 heavy (non-hydrogen) atoms. The summed E-state index contributed by atoms with van der Waals surface area (Å²) in [6.45, 7) is 3.93. The van der Waals surface area contributed by atoms with Crippen molar-refractivity contribution in [2.24, 2.45) is 0 Å². The number of rotatable bonds is 6. The monoisotopic (exact) mass is 482 g/mol. The highest BCUT2D eigenvalue weighted by atomic mass is 19.1. The second kappa shape index (κ2) is 8.86. The lowest BCUT2D eigenvalue weighted by Gasteiger charge is -2.18. The predicted octanol–water partition coefficient (Wildman–Crippen LogP) is 5.28. The van der Waals surface area contributed by atoms with Crippen LogP contribution in [-0.4, -0.2) is 25.2 Å². The molecule has 5 rings (SSSR count). The van der Waals surface area contributed by atoms with Gasteiger partial charge in [0.25, 0.3) is 0 Å². The summed E-state index contributed by atoms with van der Waals surface area (Å²) >= 11 is 0. The zero-order valence-electron chi connectivity index (χ0n) is 19.7. The molecule has 0 aliphatic carbocycles. The molecule has 0 saturated carbocycles. The van der Waals surface area contributed by atoms with Gasteiger partial charge in [0.1, 0.15) is 5.82 Å². The molecule has 2 heterocycles. The average Bonchev–Trinajstić information content (AvgIpc) is 3.42. The number of aromatic amines is 1. The Morgan fingerprint density at radius 3 is 2.56 bits per heavy atom. The van der Waals surface area contributed by atoms with Gasteiger partial charge in [-0.05, 0) is 61.4 Å². The summed E-state index contributed by atoms with van der Waals surface area (Å²) in [5, 5.41) is 20.2. The zero-order chi connectivity index (χ0) is 25.6. The molecule has 2 aromatic heterocycles. The number of aliphatic carboxylic acids is 1. The fraction of sp³-hybridized carbons (Fsp3) is 0.179. The van der Waals surface area contributed by atoms with Crippen molar-refractivity contribution in [2.75, 3.05) is 0 Å². The van der Waals surface area contributed by atoms with Crippen LogP contribution >= 0.6 is 0 Å². The van der Waals surface area contributed by atoms with E-state index < -0.39 is 29.6 Å². The number of nitrogens with one attached hydrogen (secondary N) is 1. The SMILES string of the molecule is Cc1cccc2[nH]cc(C(C)n3c(=O)n(C(CC(=O)O)c4ccc(F)cc4)c4cc(C#N)ccc43)c12. The molecule has 0 fully saturated rings. The Balaban J connectivity index is 1.80. The minimum Gasteiger partial charge on any atom is -0.481 e. The van der Waals surface area contributed by atoms with E-state index in [-0.39, 0.29) is 6.42 Å². The minimum atomic E-state index is -1.10. The molecule has 0 aliphatic heterocycles. The maximum Gasteiger partial charge on any atom is 0.330 e. The Morgan fingerprint density at radius 1 is 1.11 bits per heavy atom. The number of fused-ring (bicyclic) bond motifs is 2. The van der Waals surface area contributed by atoms with E-state index in [1.807, 2.05) is 38.2 Å². The molecule has 3 aromatic carbocycles. The fourth-order valence-electron chi connectivity index (χ4n) is 5.06. The first-order chi connectivity index (χ1) is 17.3. The Morgan fingerprint density at radius 2 is 1.86 bits per heavy atom. The smallest absolute Gasteiger partial charge is 0.330 e. The van der Waals surface area contributed by atoms with E-state index in [1.165, 1.54) is 28.8 Å². The van der Waals surface area contributed by atoms with Gasteiger partial charge in [-0.25, -0.2) is 9.18 Å². The lowest BCUT2D eigenvalue weighted by atomic mass is 10.0. The van der Waals surface area contributed by atoms with E-state index in [1.54, 1.807) is 22.8 Å². The first-order valence-corrected chi connectivity index (χ1v) is 11.5. The number of nitriles is 1. The van der Waals surface area contributed by atoms with Crippen LogP contribution < -0.4 is 5.69 Å². The van der Waals surface area contributed by atoms with Gasteiger partial charge < -0.3 is 10.1 Å². The molecule has 2 atom stereocenters. The summed E-state index contributed by atoms with van der Waals surface area (Å²) in [4.78, 5) is 29.2. The third-order valence-electron chi connectivity index (χ3n) is 6.75. The van der Waals surface area contributed by atoms with Crippen LogP contribution in [0.5, 0.6) is 0 Å². The van der Waals surface area contributed by atoms with Gasteiger partial charge in [0, 0.05) is 22.7 Å². The molecule has 7 nitrogen and oxygen atoms in total. The highest BCUT2D eigenvalue weighted by Gasteiger charge is 2.27. The van der Waals surface area contributed by atoms with Gasteiger partial charge >= 0.3 is 11.7 Å². The third-order valence-corrected chi connectivity index (χ3v) is 6.75. The molecule has 0 amide bonds. The van der Waals surface area contributed by atoms with E-state index in [9.17, 15) is 24.3 Å². The van der Waals surface area contributed by atoms with Crippen LogP contribution in [0.15, 0.2) is 71.7 Å². The van der Waals surface area contributed by atoms with Crippen LogP contribution in [0, 0.1) is 24.1 Å². The topological polar surface area (TPSA) is 104 Å². The first kappa shape index (κ1) is 23.1. The van der Waals surface area contributed by atoms with Crippen LogP contribution in [-0.2, 0) is 4.79 Å². The number of H-pyrrole nitrogens is 1. The molecule has 8 heteroatoms. The van der Waals surface area contributed by atoms with E-state index in [0.717, 1.165) is 22.0 Å². The standard InChI is InChI=1S/C28H23FN4O3/c1-16-4-3-5-22-27(16)21(15-31-22)17(2)32-23-11-6-18(14-30)12-25(23)33(28(32)36)24(13-26(34)35)19-7-9-20(29)10-8-19/h3-12,15,17,24,31H,13H2,1-2H3,(H,34,35). The van der Waals surface area contributed by atoms with Crippen molar-refractivity contribution in [3.63, 3.8) is 0 Å². The van der Waals surface area contributed by atoms with Crippen LogP contribution in [0.1, 0.15) is 47.7 Å². The van der Waals surface area contributed by atoms with Gasteiger partial charge in [-0.1, -0.05) is 24.3 Å². The molecule has 2 unspecified atom stereocenters. The number of halogens is 1. The minimum absolute atomic E-state index is 0.345. The summed E-state index contributed by atoms with van der Waals surface area (Å²) < 4.78 is 16.7. The number of nitrogens with zero attached hydrogens (tertiary/aromatic N) is 3. The number of carbonyl (C=O) groups is 1. The molecule has 180 valence electrons. The second-order valence-corrected chi connectivity index (χ2v) is 8.92. The largest absolute Gasteiger partial charge is 0.481 e. The van der Waals surface area contributed by atoms with Gasteiger partial charge in [-0.2, -0.15) is 5.26 Å². The van der Waals surface area contributed by atoms with Crippen LogP contribution in [0.4, 0.5) is 4.39 Å². The summed E-state index contributed by atoms with van der Waals surface area (Å²) in [5.74, 6) is -1.56. The Labute approximate surface area is 205 Å². The lowest BCUT2D eigenvalue weighted by molar-refractivity contribution is -0.137. The van der Waals surface area contributed by atoms with Gasteiger partial charge in [0.15, 0.2) is 0 Å². The number of carboxylic acid groups (broad SMARTS) is 1. The molecule has 2 N–H and O–H groups in total. The van der Waals surface area contributed by atoms with Crippen molar-refractivity contribution < 1.29 is 14.3 Å². The lowest BCUT2D eigenvalue weighted by Crippen LogP contribution is -2.31. The molecule has 0 radical (unpaired) electrons. The van der Waals surface area contributed by atoms with Crippen molar-refractivity contribution in [3.05, 3.63) is 105 Å². The number of aromatic nitrogens is 3. The number of hydrogen-bond donors (Lipinski definition) is 2. The molecular weight excluding hydrogens is 459 g/mol. The summed E-state index contributed by atoms with van der Waals surface area (Å²) in [6.07, 6.45) is 1.50.